The second kappa shape index (κ2) is 12.1. The van der Waals surface area contributed by atoms with E-state index in [2.05, 4.69) is 0 Å². The molecule has 0 spiro atoms. The zero-order chi connectivity index (χ0) is 25.4. The van der Waals surface area contributed by atoms with Crippen LogP contribution < -0.4 is 20.9 Å². The lowest BCUT2D eigenvalue weighted by molar-refractivity contribution is 0.368. The average molecular weight is 479 g/mol. The highest BCUT2D eigenvalue weighted by Gasteiger charge is 2.14. The van der Waals surface area contributed by atoms with Crippen LogP contribution in [0.3, 0.4) is 0 Å². The summed E-state index contributed by atoms with van der Waals surface area (Å²) in [7, 11) is 3.06. The second-order valence-corrected chi connectivity index (χ2v) is 8.28. The van der Waals surface area contributed by atoms with Gasteiger partial charge in [-0.05, 0) is 85.3 Å². The van der Waals surface area contributed by atoms with Gasteiger partial charge in [0.1, 0.15) is 5.75 Å². The molecule has 0 bridgehead atoms. The highest BCUT2D eigenvalue weighted by Crippen LogP contribution is 2.35. The van der Waals surface area contributed by atoms with Gasteiger partial charge in [0.25, 0.3) is 0 Å². The lowest BCUT2D eigenvalue weighted by atomic mass is 9.95. The molecule has 0 heterocycles. The monoisotopic (exact) mass is 478 g/mol. The van der Waals surface area contributed by atoms with Gasteiger partial charge < -0.3 is 36.3 Å². The summed E-state index contributed by atoms with van der Waals surface area (Å²) in [6.07, 6.45) is 6.39. The van der Waals surface area contributed by atoms with Crippen molar-refractivity contribution in [2.75, 3.05) is 27.3 Å². The van der Waals surface area contributed by atoms with E-state index in [0.29, 0.717) is 50.3 Å². The van der Waals surface area contributed by atoms with Crippen molar-refractivity contribution in [3.05, 3.63) is 75.8 Å². The smallest absolute Gasteiger partial charge is 0.164 e. The number of benzene rings is 3. The molecule has 3 rings (SSSR count). The Morgan fingerprint density at radius 1 is 0.714 bits per heavy atom. The molecule has 7 heteroatoms. The molecule has 0 aliphatic rings. The molecule has 0 radical (unpaired) electrons. The summed E-state index contributed by atoms with van der Waals surface area (Å²) in [6.45, 7) is 0.868. The van der Waals surface area contributed by atoms with E-state index in [9.17, 15) is 15.3 Å². The number of aryl methyl sites for hydroxylation is 2. The maximum absolute atomic E-state index is 10.3. The number of rotatable bonds is 11. The second-order valence-electron chi connectivity index (χ2n) is 8.28. The molecule has 0 saturated heterocycles. The van der Waals surface area contributed by atoms with Crippen molar-refractivity contribution in [1.82, 2.24) is 0 Å². The summed E-state index contributed by atoms with van der Waals surface area (Å²) in [6, 6.07) is 12.4. The van der Waals surface area contributed by atoms with Gasteiger partial charge in [-0.3, -0.25) is 0 Å². The Kier molecular flexibility index (Phi) is 9.00. The topological polar surface area (TPSA) is 131 Å². The molecule has 0 atom stereocenters. The summed E-state index contributed by atoms with van der Waals surface area (Å²) in [5.74, 6) is 1.24. The number of nitrogens with two attached hydrogens (primary N) is 2. The fraction of sp³-hybridized carbons (Fsp3) is 0.286. The van der Waals surface area contributed by atoms with Crippen molar-refractivity contribution in [3.8, 4) is 28.7 Å². The summed E-state index contributed by atoms with van der Waals surface area (Å²) in [4.78, 5) is 0. The Hall–Kier alpha value is -3.68. The van der Waals surface area contributed by atoms with Gasteiger partial charge in [0, 0.05) is 11.1 Å². The third kappa shape index (κ3) is 6.26. The number of hydrogen-bond donors (Lipinski definition) is 5. The fourth-order valence-electron chi connectivity index (χ4n) is 4.36. The van der Waals surface area contributed by atoms with Crippen LogP contribution in [0.25, 0.3) is 12.2 Å². The minimum Gasteiger partial charge on any atom is -0.508 e. The van der Waals surface area contributed by atoms with E-state index in [4.69, 9.17) is 20.9 Å². The van der Waals surface area contributed by atoms with Gasteiger partial charge in [-0.2, -0.15) is 0 Å². The maximum atomic E-state index is 10.3. The number of hydrogen-bond acceptors (Lipinski definition) is 7. The highest BCUT2D eigenvalue weighted by molar-refractivity contribution is 5.74. The minimum atomic E-state index is 0.0765. The molecule has 0 amide bonds. The normalized spacial score (nSPS) is 11.2. The van der Waals surface area contributed by atoms with Crippen molar-refractivity contribution in [2.45, 2.75) is 25.7 Å². The Labute approximate surface area is 206 Å². The van der Waals surface area contributed by atoms with E-state index in [1.54, 1.807) is 24.3 Å². The van der Waals surface area contributed by atoms with Gasteiger partial charge in [-0.1, -0.05) is 30.4 Å². The van der Waals surface area contributed by atoms with Crippen LogP contribution in [0, 0.1) is 0 Å². The summed E-state index contributed by atoms with van der Waals surface area (Å²) < 4.78 is 10.8. The third-order valence-corrected chi connectivity index (χ3v) is 5.95. The quantitative estimate of drug-likeness (QED) is 0.265. The Bertz CT molecular complexity index is 1190. The molecule has 186 valence electrons. The van der Waals surface area contributed by atoms with Crippen molar-refractivity contribution in [2.24, 2.45) is 11.5 Å². The molecule has 7 N–H and O–H groups in total. The SMILES string of the molecule is COc1c(O)ccc(/C=C/c2cc(O)cc(CCc3ccc(O)c(OC)c3CCN)c2)c1CCN. The zero-order valence-corrected chi connectivity index (χ0v) is 20.3. The molecule has 3 aromatic carbocycles. The van der Waals surface area contributed by atoms with Crippen molar-refractivity contribution < 1.29 is 24.8 Å². The predicted molar refractivity (Wildman–Crippen MR) is 139 cm³/mol. The van der Waals surface area contributed by atoms with Crippen LogP contribution in [0.5, 0.6) is 28.7 Å². The van der Waals surface area contributed by atoms with Crippen molar-refractivity contribution in [3.63, 3.8) is 0 Å². The summed E-state index contributed by atoms with van der Waals surface area (Å²) in [5.41, 5.74) is 17.0. The van der Waals surface area contributed by atoms with Crippen LogP contribution in [-0.2, 0) is 25.7 Å². The molecule has 0 aromatic heterocycles. The van der Waals surface area contributed by atoms with Gasteiger partial charge >= 0.3 is 0 Å². The minimum absolute atomic E-state index is 0.0765. The van der Waals surface area contributed by atoms with E-state index in [0.717, 1.165) is 33.4 Å². The van der Waals surface area contributed by atoms with Crippen LogP contribution >= 0.6 is 0 Å². The zero-order valence-electron chi connectivity index (χ0n) is 20.3. The molecular weight excluding hydrogens is 444 g/mol. The first-order valence-electron chi connectivity index (χ1n) is 11.6. The average Bonchev–Trinajstić information content (AvgIpc) is 2.83. The summed E-state index contributed by atoms with van der Waals surface area (Å²) in [5, 5.41) is 30.6. The highest BCUT2D eigenvalue weighted by atomic mass is 16.5. The van der Waals surface area contributed by atoms with Crippen LogP contribution in [-0.4, -0.2) is 42.6 Å². The largest absolute Gasteiger partial charge is 0.508 e. The molecule has 0 aliphatic heterocycles. The van der Waals surface area contributed by atoms with Crippen LogP contribution in [0.4, 0.5) is 0 Å². The van der Waals surface area contributed by atoms with E-state index >= 15 is 0 Å². The van der Waals surface area contributed by atoms with Crippen molar-refractivity contribution in [1.29, 1.82) is 0 Å². The molecular formula is C28H34N2O5. The van der Waals surface area contributed by atoms with Gasteiger partial charge in [0.15, 0.2) is 23.0 Å². The first-order chi connectivity index (χ1) is 16.9. The number of ether oxygens (including phenoxy) is 2. The molecule has 0 aliphatic carbocycles. The Balaban J connectivity index is 1.86. The lowest BCUT2D eigenvalue weighted by Gasteiger charge is -2.15. The molecule has 3 aromatic rings. The number of methoxy groups -OCH3 is 2. The Morgan fingerprint density at radius 3 is 2.00 bits per heavy atom. The maximum Gasteiger partial charge on any atom is 0.164 e. The number of phenolic OH excluding ortho intramolecular Hbond substituents is 3. The van der Waals surface area contributed by atoms with E-state index in [-0.39, 0.29) is 17.2 Å². The number of aromatic hydroxyl groups is 3. The van der Waals surface area contributed by atoms with Crippen molar-refractivity contribution >= 4 is 12.2 Å². The van der Waals surface area contributed by atoms with Gasteiger partial charge in [0.2, 0.25) is 0 Å². The molecule has 0 fully saturated rings. The Morgan fingerprint density at radius 2 is 1.34 bits per heavy atom. The van der Waals surface area contributed by atoms with Gasteiger partial charge in [-0.15, -0.1) is 0 Å². The van der Waals surface area contributed by atoms with Gasteiger partial charge in [0.05, 0.1) is 14.2 Å². The first kappa shape index (κ1) is 25.9. The van der Waals surface area contributed by atoms with E-state index < -0.39 is 0 Å². The molecule has 7 nitrogen and oxygen atoms in total. The predicted octanol–water partition coefficient (Wildman–Crippen LogP) is 3.78. The van der Waals surface area contributed by atoms with Crippen LogP contribution in [0.1, 0.15) is 33.4 Å². The summed E-state index contributed by atoms with van der Waals surface area (Å²) >= 11 is 0. The van der Waals surface area contributed by atoms with Crippen LogP contribution in [0.2, 0.25) is 0 Å². The van der Waals surface area contributed by atoms with Gasteiger partial charge in [-0.25, -0.2) is 0 Å². The standard InChI is InChI=1S/C28H34N2O5/c1-34-27-23(11-13-29)20(7-9-25(27)32)5-3-18-15-19(17-22(31)16-18)4-6-21-8-10-26(33)28(35-2)24(21)12-14-30/h3,5,7-10,15-17,31-33H,4,6,11-14,29-30H2,1-2H3/b5-3+. The number of phenols is 3. The first-order valence-corrected chi connectivity index (χ1v) is 11.6. The van der Waals surface area contributed by atoms with Crippen LogP contribution in [0.15, 0.2) is 42.5 Å². The van der Waals surface area contributed by atoms with E-state index in [1.165, 1.54) is 14.2 Å². The van der Waals surface area contributed by atoms with E-state index in [1.807, 2.05) is 30.4 Å². The fourth-order valence-corrected chi connectivity index (χ4v) is 4.36. The molecule has 35 heavy (non-hydrogen) atoms. The molecule has 0 unspecified atom stereocenters. The molecule has 0 saturated carbocycles. The lowest BCUT2D eigenvalue weighted by Crippen LogP contribution is -2.08. The third-order valence-electron chi connectivity index (χ3n) is 5.95.